The highest BCUT2D eigenvalue weighted by Crippen LogP contribution is 2.25. The Balaban J connectivity index is 2.60. The minimum atomic E-state index is -4.55. The standard InChI is InChI=1S/C10H7FN2O4S2/c11-7-3-1-2-4-8(7)19(16,17)13(10(14)15)9-5-18-6-12-9/h1-6H,(H,14,15). The van der Waals surface area contributed by atoms with Crippen LogP contribution in [-0.4, -0.2) is 24.6 Å². The van der Waals surface area contributed by atoms with Crippen molar-refractivity contribution < 1.29 is 22.7 Å². The van der Waals surface area contributed by atoms with Gasteiger partial charge in [0, 0.05) is 5.38 Å². The smallest absolute Gasteiger partial charge is 0.427 e. The fourth-order valence-electron chi connectivity index (χ4n) is 1.38. The van der Waals surface area contributed by atoms with E-state index in [1.807, 2.05) is 0 Å². The van der Waals surface area contributed by atoms with E-state index in [9.17, 15) is 17.6 Å². The third-order valence-electron chi connectivity index (χ3n) is 2.16. The Labute approximate surface area is 111 Å². The first-order valence-electron chi connectivity index (χ1n) is 4.85. The molecule has 19 heavy (non-hydrogen) atoms. The van der Waals surface area contributed by atoms with Crippen molar-refractivity contribution in [3.8, 4) is 0 Å². The average molecular weight is 302 g/mol. The lowest BCUT2D eigenvalue weighted by molar-refractivity contribution is 0.206. The highest BCUT2D eigenvalue weighted by Gasteiger charge is 2.34. The average Bonchev–Trinajstić information content (AvgIpc) is 2.82. The number of thiazole rings is 1. The maximum absolute atomic E-state index is 13.5. The normalized spacial score (nSPS) is 11.2. The van der Waals surface area contributed by atoms with E-state index in [2.05, 4.69) is 4.98 Å². The van der Waals surface area contributed by atoms with Gasteiger partial charge in [0.25, 0.3) is 10.0 Å². The number of amides is 1. The second kappa shape index (κ2) is 4.94. The number of aromatic nitrogens is 1. The molecule has 6 nitrogen and oxygen atoms in total. The number of halogens is 1. The van der Waals surface area contributed by atoms with Crippen LogP contribution in [0.3, 0.4) is 0 Å². The first-order chi connectivity index (χ1) is 8.94. The number of nitrogens with zero attached hydrogens (tertiary/aromatic N) is 2. The summed E-state index contributed by atoms with van der Waals surface area (Å²) < 4.78 is 37.9. The lowest BCUT2D eigenvalue weighted by atomic mass is 10.4. The monoisotopic (exact) mass is 302 g/mol. The van der Waals surface area contributed by atoms with E-state index in [0.717, 1.165) is 23.5 Å². The second-order valence-electron chi connectivity index (χ2n) is 3.33. The van der Waals surface area contributed by atoms with Gasteiger partial charge in [0.15, 0.2) is 5.82 Å². The van der Waals surface area contributed by atoms with Gasteiger partial charge in [0.05, 0.1) is 5.51 Å². The van der Waals surface area contributed by atoms with Crippen LogP contribution in [0, 0.1) is 5.82 Å². The number of sulfonamides is 1. The first-order valence-corrected chi connectivity index (χ1v) is 7.24. The van der Waals surface area contributed by atoms with E-state index in [-0.39, 0.29) is 10.1 Å². The van der Waals surface area contributed by atoms with Gasteiger partial charge in [-0.1, -0.05) is 12.1 Å². The Morgan fingerprint density at radius 3 is 2.58 bits per heavy atom. The molecule has 0 aliphatic heterocycles. The Bertz CT molecular complexity index is 700. The second-order valence-corrected chi connectivity index (χ2v) is 5.80. The topological polar surface area (TPSA) is 87.6 Å². The highest BCUT2D eigenvalue weighted by molar-refractivity contribution is 7.93. The molecule has 1 amide bonds. The van der Waals surface area contributed by atoms with Crippen molar-refractivity contribution in [2.45, 2.75) is 4.90 Å². The third kappa shape index (κ3) is 2.42. The molecule has 0 fully saturated rings. The molecule has 1 N–H and O–H groups in total. The molecule has 0 aliphatic rings. The van der Waals surface area contributed by atoms with Crippen LogP contribution in [0.4, 0.5) is 15.0 Å². The molecule has 0 spiro atoms. The van der Waals surface area contributed by atoms with Gasteiger partial charge < -0.3 is 5.11 Å². The van der Waals surface area contributed by atoms with Crippen LogP contribution in [0.15, 0.2) is 40.1 Å². The summed E-state index contributed by atoms with van der Waals surface area (Å²) in [6.45, 7) is 0. The summed E-state index contributed by atoms with van der Waals surface area (Å²) >= 11 is 1.03. The maximum atomic E-state index is 13.5. The van der Waals surface area contributed by atoms with Gasteiger partial charge in [-0.25, -0.2) is 22.6 Å². The molecule has 0 saturated heterocycles. The van der Waals surface area contributed by atoms with Crippen LogP contribution in [0.25, 0.3) is 0 Å². The van der Waals surface area contributed by atoms with Crippen LogP contribution < -0.4 is 4.31 Å². The van der Waals surface area contributed by atoms with E-state index >= 15 is 0 Å². The third-order valence-corrected chi connectivity index (χ3v) is 4.44. The van der Waals surface area contributed by atoms with Gasteiger partial charge >= 0.3 is 6.09 Å². The summed E-state index contributed by atoms with van der Waals surface area (Å²) in [5, 5.41) is 10.3. The zero-order valence-corrected chi connectivity index (χ0v) is 10.9. The number of anilines is 1. The van der Waals surface area contributed by atoms with Crippen molar-refractivity contribution in [2.24, 2.45) is 0 Å². The first kappa shape index (κ1) is 13.4. The van der Waals surface area contributed by atoms with Crippen LogP contribution in [0.5, 0.6) is 0 Å². The van der Waals surface area contributed by atoms with E-state index in [1.54, 1.807) is 0 Å². The molecule has 0 unspecified atom stereocenters. The summed E-state index contributed by atoms with van der Waals surface area (Å²) in [5.74, 6) is -1.32. The zero-order valence-electron chi connectivity index (χ0n) is 9.22. The zero-order chi connectivity index (χ0) is 14.0. The highest BCUT2D eigenvalue weighted by atomic mass is 32.2. The number of benzene rings is 1. The lowest BCUT2D eigenvalue weighted by Gasteiger charge is -2.16. The summed E-state index contributed by atoms with van der Waals surface area (Å²) in [5.41, 5.74) is 1.28. The lowest BCUT2D eigenvalue weighted by Crippen LogP contribution is -2.36. The molecule has 1 heterocycles. The molecule has 9 heteroatoms. The molecule has 100 valence electrons. The predicted octanol–water partition coefficient (Wildman–Crippen LogP) is 2.16. The summed E-state index contributed by atoms with van der Waals surface area (Å²) in [6, 6.07) is 4.54. The van der Waals surface area contributed by atoms with Gasteiger partial charge in [0.2, 0.25) is 0 Å². The summed E-state index contributed by atoms with van der Waals surface area (Å²) in [7, 11) is -4.55. The van der Waals surface area contributed by atoms with Crippen LogP contribution in [0.2, 0.25) is 0 Å². The van der Waals surface area contributed by atoms with Gasteiger partial charge in [-0.15, -0.1) is 15.6 Å². The number of hydrogen-bond acceptors (Lipinski definition) is 5. The maximum Gasteiger partial charge on any atom is 0.427 e. The SMILES string of the molecule is O=C(O)N(c1cscn1)S(=O)(=O)c1ccccc1F. The largest absolute Gasteiger partial charge is 0.464 e. The fourth-order valence-corrected chi connectivity index (χ4v) is 3.28. The molecule has 2 aromatic rings. The van der Waals surface area contributed by atoms with Crippen molar-refractivity contribution >= 4 is 33.3 Å². The van der Waals surface area contributed by atoms with Crippen LogP contribution >= 0.6 is 11.3 Å². The van der Waals surface area contributed by atoms with Gasteiger partial charge in [0.1, 0.15) is 10.7 Å². The van der Waals surface area contributed by atoms with Gasteiger partial charge in [-0.3, -0.25) is 0 Å². The van der Waals surface area contributed by atoms with Crippen molar-refractivity contribution in [2.75, 3.05) is 4.31 Å². The molecule has 0 saturated carbocycles. The number of rotatable bonds is 3. The van der Waals surface area contributed by atoms with E-state index < -0.39 is 26.8 Å². The van der Waals surface area contributed by atoms with E-state index in [4.69, 9.17) is 5.11 Å². The van der Waals surface area contributed by atoms with E-state index in [1.165, 1.54) is 23.0 Å². The van der Waals surface area contributed by atoms with Crippen molar-refractivity contribution in [3.63, 3.8) is 0 Å². The minimum absolute atomic E-state index is 0.0436. The summed E-state index contributed by atoms with van der Waals surface area (Å²) in [6.07, 6.45) is -1.76. The molecule has 1 aromatic carbocycles. The van der Waals surface area contributed by atoms with Gasteiger partial charge in [-0.2, -0.15) is 0 Å². The number of hydrogen-bond donors (Lipinski definition) is 1. The van der Waals surface area contributed by atoms with Crippen molar-refractivity contribution in [3.05, 3.63) is 41.0 Å². The minimum Gasteiger partial charge on any atom is -0.464 e. The number of carbonyl (C=O) groups is 1. The Hall–Kier alpha value is -2.00. The quantitative estimate of drug-likeness (QED) is 0.938. The Morgan fingerprint density at radius 1 is 1.37 bits per heavy atom. The Morgan fingerprint density at radius 2 is 2.05 bits per heavy atom. The molecule has 0 radical (unpaired) electrons. The number of carboxylic acid groups (broad SMARTS) is 1. The van der Waals surface area contributed by atoms with Crippen LogP contribution in [0.1, 0.15) is 0 Å². The fraction of sp³-hybridized carbons (Fsp3) is 0. The molecule has 2 rings (SSSR count). The van der Waals surface area contributed by atoms with Gasteiger partial charge in [-0.05, 0) is 12.1 Å². The molecule has 0 bridgehead atoms. The molecule has 0 atom stereocenters. The molecular formula is C10H7FN2O4S2. The summed E-state index contributed by atoms with van der Waals surface area (Å²) in [4.78, 5) is 14.0. The molecule has 1 aromatic heterocycles. The van der Waals surface area contributed by atoms with Crippen LogP contribution in [-0.2, 0) is 10.0 Å². The van der Waals surface area contributed by atoms with E-state index in [0.29, 0.717) is 0 Å². The predicted molar refractivity (Wildman–Crippen MR) is 66.2 cm³/mol. The Kier molecular flexibility index (Phi) is 3.49. The molecule has 0 aliphatic carbocycles. The molecular weight excluding hydrogens is 295 g/mol. The van der Waals surface area contributed by atoms with Crippen molar-refractivity contribution in [1.29, 1.82) is 0 Å². The van der Waals surface area contributed by atoms with Crippen molar-refractivity contribution in [1.82, 2.24) is 4.98 Å².